The van der Waals surface area contributed by atoms with Crippen LogP contribution in [0.4, 0.5) is 5.69 Å². The van der Waals surface area contributed by atoms with Crippen molar-refractivity contribution < 1.29 is 19.2 Å². The van der Waals surface area contributed by atoms with Crippen LogP contribution in [-0.2, 0) is 24.7 Å². The monoisotopic (exact) mass is 424 g/mol. The van der Waals surface area contributed by atoms with E-state index < -0.39 is 29.3 Å². The number of carbonyl (C=O) groups is 4. The minimum absolute atomic E-state index is 0.0884. The maximum atomic E-state index is 13.8. The molecule has 4 atom stereocenters. The quantitative estimate of drug-likeness (QED) is 0.498. The third-order valence-corrected chi connectivity index (χ3v) is 7.55. The van der Waals surface area contributed by atoms with Gasteiger partial charge < -0.3 is 11.1 Å². The van der Waals surface area contributed by atoms with Crippen LogP contribution < -0.4 is 16.4 Å². The van der Waals surface area contributed by atoms with Crippen LogP contribution in [0.1, 0.15) is 56.9 Å². The van der Waals surface area contributed by atoms with Gasteiger partial charge in [0.05, 0.1) is 11.8 Å². The normalized spacial score (nSPS) is 32.8. The second-order valence-corrected chi connectivity index (χ2v) is 9.26. The lowest BCUT2D eigenvalue weighted by Gasteiger charge is -2.32. The second kappa shape index (κ2) is 7.44. The topological polar surface area (TPSA) is 122 Å². The van der Waals surface area contributed by atoms with E-state index in [1.807, 2.05) is 18.2 Å². The summed E-state index contributed by atoms with van der Waals surface area (Å²) < 4.78 is 0. The van der Waals surface area contributed by atoms with Gasteiger partial charge in [-0.1, -0.05) is 43.9 Å². The number of imide groups is 1. The van der Waals surface area contributed by atoms with Gasteiger partial charge in [-0.15, -0.1) is 0 Å². The van der Waals surface area contributed by atoms with Crippen LogP contribution >= 0.6 is 0 Å². The van der Waals surface area contributed by atoms with Crippen LogP contribution in [0.15, 0.2) is 24.3 Å². The van der Waals surface area contributed by atoms with Gasteiger partial charge in [-0.25, -0.2) is 0 Å². The summed E-state index contributed by atoms with van der Waals surface area (Å²) in [4.78, 5) is 53.7. The molecule has 2 saturated heterocycles. The van der Waals surface area contributed by atoms with E-state index in [0.717, 1.165) is 38.5 Å². The third-order valence-electron chi connectivity index (χ3n) is 7.55. The maximum Gasteiger partial charge on any atom is 0.250 e. The average molecular weight is 425 g/mol. The fourth-order valence-electron chi connectivity index (χ4n) is 6.20. The highest BCUT2D eigenvalue weighted by Gasteiger charge is 2.70. The zero-order chi connectivity index (χ0) is 21.8. The molecule has 3 fully saturated rings. The Morgan fingerprint density at radius 2 is 1.77 bits per heavy atom. The van der Waals surface area contributed by atoms with Crippen molar-refractivity contribution in [1.82, 2.24) is 10.2 Å². The van der Waals surface area contributed by atoms with E-state index in [9.17, 15) is 19.2 Å². The van der Waals surface area contributed by atoms with Crippen LogP contribution in [-0.4, -0.2) is 40.6 Å². The van der Waals surface area contributed by atoms with E-state index in [1.165, 1.54) is 4.90 Å². The molecular weight excluding hydrogens is 396 g/mol. The molecule has 0 aromatic heterocycles. The molecular formula is C23H28N4O4. The van der Waals surface area contributed by atoms with Crippen molar-refractivity contribution in [2.24, 2.45) is 17.6 Å². The molecule has 5 rings (SSSR count). The lowest BCUT2D eigenvalue weighted by molar-refractivity contribution is -0.145. The van der Waals surface area contributed by atoms with Gasteiger partial charge in [0.2, 0.25) is 23.6 Å². The van der Waals surface area contributed by atoms with Gasteiger partial charge in [0, 0.05) is 29.8 Å². The summed E-state index contributed by atoms with van der Waals surface area (Å²) in [5.74, 6) is -2.74. The van der Waals surface area contributed by atoms with Crippen LogP contribution in [0, 0.1) is 11.8 Å². The summed E-state index contributed by atoms with van der Waals surface area (Å²) in [5.41, 5.74) is 5.43. The van der Waals surface area contributed by atoms with Gasteiger partial charge in [0.15, 0.2) is 0 Å². The van der Waals surface area contributed by atoms with Crippen LogP contribution in [0.25, 0.3) is 0 Å². The van der Waals surface area contributed by atoms with E-state index in [1.54, 1.807) is 6.07 Å². The van der Waals surface area contributed by atoms with Gasteiger partial charge in [0.25, 0.3) is 0 Å². The molecule has 4 N–H and O–H groups in total. The lowest BCUT2D eigenvalue weighted by Crippen LogP contribution is -2.54. The predicted octanol–water partition coefficient (Wildman–Crippen LogP) is 1.40. The number of hydrogen-bond acceptors (Lipinski definition) is 5. The average Bonchev–Trinajstić information content (AvgIpc) is 3.21. The number of nitrogens with two attached hydrogens (primary N) is 1. The zero-order valence-corrected chi connectivity index (χ0v) is 17.4. The summed E-state index contributed by atoms with van der Waals surface area (Å²) in [6.07, 6.45) is 6.24. The first kappa shape index (κ1) is 20.2. The number of fused-ring (bicyclic) bond motifs is 4. The Morgan fingerprint density at radius 3 is 2.48 bits per heavy atom. The minimum Gasteiger partial charge on any atom is -0.370 e. The van der Waals surface area contributed by atoms with Crippen LogP contribution in [0.2, 0.25) is 0 Å². The molecule has 1 aromatic rings. The SMILES string of the molecule is NC(=O)CC[C@H]1N[C@@]2(C(=O)Nc3ccccc32)[C@@H]2C(=O)N(C3CCCCCC3)C(=O)[C@@H]21. The highest BCUT2D eigenvalue weighted by Crippen LogP contribution is 2.54. The number of benzene rings is 1. The number of para-hydroxylation sites is 1. The van der Waals surface area contributed by atoms with Crippen molar-refractivity contribution in [2.75, 3.05) is 5.32 Å². The van der Waals surface area contributed by atoms with Crippen molar-refractivity contribution in [1.29, 1.82) is 0 Å². The molecule has 4 amide bonds. The predicted molar refractivity (Wildman–Crippen MR) is 112 cm³/mol. The van der Waals surface area contributed by atoms with Crippen molar-refractivity contribution in [3.63, 3.8) is 0 Å². The first-order valence-corrected chi connectivity index (χ1v) is 11.3. The number of likely N-dealkylation sites (tertiary alicyclic amines) is 1. The number of carbonyl (C=O) groups excluding carboxylic acids is 4. The van der Waals surface area contributed by atoms with Gasteiger partial charge >= 0.3 is 0 Å². The minimum atomic E-state index is -1.30. The van der Waals surface area contributed by atoms with E-state index in [-0.39, 0.29) is 30.2 Å². The molecule has 4 aliphatic rings. The number of primary amides is 1. The summed E-state index contributed by atoms with van der Waals surface area (Å²) >= 11 is 0. The summed E-state index contributed by atoms with van der Waals surface area (Å²) in [6, 6.07) is 6.72. The van der Waals surface area contributed by atoms with Gasteiger partial charge in [-0.2, -0.15) is 0 Å². The summed E-state index contributed by atoms with van der Waals surface area (Å²) in [5, 5.41) is 6.23. The van der Waals surface area contributed by atoms with Gasteiger partial charge in [-0.05, 0) is 25.3 Å². The first-order chi connectivity index (χ1) is 14.9. The molecule has 0 bridgehead atoms. The van der Waals surface area contributed by atoms with Crippen molar-refractivity contribution in [3.8, 4) is 0 Å². The molecule has 31 heavy (non-hydrogen) atoms. The molecule has 8 heteroatoms. The Hall–Kier alpha value is -2.74. The molecule has 164 valence electrons. The standard InChI is InChI=1S/C23H28N4O4/c24-17(28)12-11-16-18-19(21(30)27(20(18)29)13-7-3-1-2-4-8-13)23(26-16)14-9-5-6-10-15(14)25-22(23)31/h5-6,9-10,13,16,18-19,26H,1-4,7-8,11-12H2,(H2,24,28)(H,25,31)/t16-,18-,19+,23-/m1/s1. The number of nitrogens with one attached hydrogen (secondary N) is 2. The maximum absolute atomic E-state index is 13.8. The second-order valence-electron chi connectivity index (χ2n) is 9.26. The molecule has 0 radical (unpaired) electrons. The number of hydrogen-bond donors (Lipinski definition) is 3. The van der Waals surface area contributed by atoms with Crippen LogP contribution in [0.3, 0.4) is 0 Å². The first-order valence-electron chi connectivity index (χ1n) is 11.3. The Labute approximate surface area is 180 Å². The smallest absolute Gasteiger partial charge is 0.250 e. The molecule has 1 aromatic carbocycles. The van der Waals surface area contributed by atoms with Crippen LogP contribution in [0.5, 0.6) is 0 Å². The van der Waals surface area contributed by atoms with Crippen molar-refractivity contribution in [2.45, 2.75) is 69.0 Å². The van der Waals surface area contributed by atoms with E-state index in [4.69, 9.17) is 5.73 Å². The summed E-state index contributed by atoms with van der Waals surface area (Å²) in [7, 11) is 0. The van der Waals surface area contributed by atoms with Crippen molar-refractivity contribution >= 4 is 29.3 Å². The molecule has 3 heterocycles. The Balaban J connectivity index is 1.58. The van der Waals surface area contributed by atoms with Crippen molar-refractivity contribution in [3.05, 3.63) is 29.8 Å². The molecule has 8 nitrogen and oxygen atoms in total. The number of anilines is 1. The molecule has 1 saturated carbocycles. The fourth-order valence-corrected chi connectivity index (χ4v) is 6.20. The number of rotatable bonds is 4. The van der Waals surface area contributed by atoms with Gasteiger partial charge in [0.1, 0.15) is 5.54 Å². The number of nitrogens with zero attached hydrogens (tertiary/aromatic N) is 1. The molecule has 3 aliphatic heterocycles. The third kappa shape index (κ3) is 2.91. The number of amides is 4. The highest BCUT2D eigenvalue weighted by molar-refractivity contribution is 6.15. The van der Waals surface area contributed by atoms with Gasteiger partial charge in [-0.3, -0.25) is 29.4 Å². The fraction of sp³-hybridized carbons (Fsp3) is 0.565. The highest BCUT2D eigenvalue weighted by atomic mass is 16.2. The lowest BCUT2D eigenvalue weighted by atomic mass is 9.76. The Morgan fingerprint density at radius 1 is 1.06 bits per heavy atom. The Bertz CT molecular complexity index is 955. The van der Waals surface area contributed by atoms with E-state index >= 15 is 0 Å². The molecule has 0 unspecified atom stereocenters. The Kier molecular flexibility index (Phi) is 4.84. The van der Waals surface area contributed by atoms with E-state index in [2.05, 4.69) is 10.6 Å². The summed E-state index contributed by atoms with van der Waals surface area (Å²) in [6.45, 7) is 0. The van der Waals surface area contributed by atoms with E-state index in [0.29, 0.717) is 17.7 Å². The zero-order valence-electron chi connectivity index (χ0n) is 17.4. The largest absolute Gasteiger partial charge is 0.370 e. The molecule has 1 spiro atoms. The molecule has 1 aliphatic carbocycles.